The highest BCUT2D eigenvalue weighted by Gasteiger charge is 2.34. The second-order valence-electron chi connectivity index (χ2n) is 11.5. The normalized spacial score (nSPS) is 18.3. The fraction of sp³-hybridized carbons (Fsp3) is 0.312. The predicted molar refractivity (Wildman–Crippen MR) is 179 cm³/mol. The summed E-state index contributed by atoms with van der Waals surface area (Å²) in [4.78, 5) is 35.2. The van der Waals surface area contributed by atoms with E-state index in [0.717, 1.165) is 5.57 Å². The number of pyridine rings is 2. The summed E-state index contributed by atoms with van der Waals surface area (Å²) in [6.07, 6.45) is 4.82. The van der Waals surface area contributed by atoms with Crippen LogP contribution in [0.4, 0.5) is 20.2 Å². The number of carbonyl (C=O) groups is 1. The number of allylic oxidation sites excluding steroid dienone is 2. The number of amides is 1. The number of nitrogens with two attached hydrogens (primary N) is 1. The van der Waals surface area contributed by atoms with Gasteiger partial charge in [0, 0.05) is 36.6 Å². The summed E-state index contributed by atoms with van der Waals surface area (Å²) in [5.41, 5.74) is 5.76. The van der Waals surface area contributed by atoms with E-state index < -0.39 is 32.9 Å². The average molecular weight is 689 g/mol. The summed E-state index contributed by atoms with van der Waals surface area (Å²) in [6.45, 7) is 12.1. The van der Waals surface area contributed by atoms with Crippen LogP contribution in [-0.2, 0) is 4.79 Å². The van der Waals surface area contributed by atoms with E-state index in [1.165, 1.54) is 16.7 Å². The van der Waals surface area contributed by atoms with Crippen molar-refractivity contribution in [3.8, 4) is 17.3 Å². The molecule has 240 valence electrons. The molecule has 0 bridgehead atoms. The number of rotatable bonds is 5. The number of nitrogens with one attached hydrogen (secondary N) is 1. The van der Waals surface area contributed by atoms with Gasteiger partial charge >= 0.3 is 0 Å². The minimum absolute atomic E-state index is 0.0137. The summed E-state index contributed by atoms with van der Waals surface area (Å²) >= 11 is 19.2. The first-order valence-electron chi connectivity index (χ1n) is 14.4. The lowest BCUT2D eigenvalue weighted by molar-refractivity contribution is -0.128. The Hall–Kier alpha value is -4.11. The zero-order valence-electron chi connectivity index (χ0n) is 25.4. The monoisotopic (exact) mass is 687 g/mol. The van der Waals surface area contributed by atoms with Gasteiger partial charge in [0.1, 0.15) is 17.3 Å². The second-order valence-corrected chi connectivity index (χ2v) is 12.7. The number of hydrogen-bond donors (Lipinski definition) is 2. The highest BCUT2D eigenvalue weighted by Crippen LogP contribution is 2.45. The first kappa shape index (κ1) is 33.3. The Morgan fingerprint density at radius 3 is 2.54 bits per heavy atom. The van der Waals surface area contributed by atoms with Crippen molar-refractivity contribution in [3.05, 3.63) is 79.2 Å². The number of carbonyl (C=O) groups excluding carboxylic acids is 1. The minimum Gasteiger partial charge on any atom is -0.396 e. The van der Waals surface area contributed by atoms with E-state index in [1.807, 2.05) is 32.6 Å². The van der Waals surface area contributed by atoms with Gasteiger partial charge in [-0.15, -0.1) is 0 Å². The third-order valence-corrected chi connectivity index (χ3v) is 9.46. The van der Waals surface area contributed by atoms with Crippen molar-refractivity contribution < 1.29 is 13.6 Å². The summed E-state index contributed by atoms with van der Waals surface area (Å²) in [5.74, 6) is -3.10. The molecule has 2 aliphatic heterocycles. The highest BCUT2D eigenvalue weighted by atomic mass is 35.5. The molecular formula is C32H30Cl3F2N7O2. The molecule has 4 heterocycles. The number of dihydropyridines is 1. The van der Waals surface area contributed by atoms with E-state index >= 15 is 0 Å². The zero-order valence-corrected chi connectivity index (χ0v) is 27.7. The highest BCUT2D eigenvalue weighted by molar-refractivity contribution is 6.45. The molecule has 2 aliphatic rings. The van der Waals surface area contributed by atoms with E-state index in [-0.39, 0.29) is 70.2 Å². The lowest BCUT2D eigenvalue weighted by atomic mass is 9.94. The van der Waals surface area contributed by atoms with E-state index in [9.17, 15) is 23.6 Å². The van der Waals surface area contributed by atoms with Crippen molar-refractivity contribution in [2.75, 3.05) is 30.3 Å². The van der Waals surface area contributed by atoms with Gasteiger partial charge in [-0.25, -0.2) is 13.8 Å². The van der Waals surface area contributed by atoms with Gasteiger partial charge in [0.2, 0.25) is 5.91 Å². The molecule has 1 amide bonds. The van der Waals surface area contributed by atoms with E-state index in [4.69, 9.17) is 45.5 Å². The number of aromatic nitrogens is 2. The van der Waals surface area contributed by atoms with Gasteiger partial charge in [0.15, 0.2) is 11.6 Å². The lowest BCUT2D eigenvalue weighted by Gasteiger charge is -2.41. The third-order valence-electron chi connectivity index (χ3n) is 8.35. The van der Waals surface area contributed by atoms with Crippen molar-refractivity contribution in [2.45, 2.75) is 39.8 Å². The standard InChI is InChI=1S/C32H30Cl3F2N7O2/c1-6-20(45)43-10-9-42(13-16(43)5)30-17-11-19(33)28(21-22(34)23(35)24(36)25(37)26(21)39)41-31(17)44(32(46)18(30)12-38)29-15(4)7-8-40-27(29)14(2)3/h6-8,11,14,16,27,40H,1,9-10,13,39H2,2-5H3/t16-,27?/m1/s1. The van der Waals surface area contributed by atoms with Crippen LogP contribution in [0.2, 0.25) is 15.1 Å². The number of nitrogens with zero attached hydrogens (tertiary/aromatic N) is 5. The minimum atomic E-state index is -1.43. The van der Waals surface area contributed by atoms with Crippen molar-refractivity contribution >= 4 is 68.8 Å². The number of piperazine rings is 1. The maximum absolute atomic E-state index is 14.9. The van der Waals surface area contributed by atoms with Gasteiger partial charge in [0.05, 0.1) is 43.9 Å². The summed E-state index contributed by atoms with van der Waals surface area (Å²) < 4.78 is 30.7. The van der Waals surface area contributed by atoms with Crippen LogP contribution in [0.1, 0.15) is 33.3 Å². The number of nitriles is 1. The maximum atomic E-state index is 14.9. The number of fused-ring (bicyclic) bond motifs is 1. The van der Waals surface area contributed by atoms with Crippen LogP contribution in [0.5, 0.6) is 0 Å². The molecule has 3 aromatic rings. The molecule has 2 atom stereocenters. The quantitative estimate of drug-likeness (QED) is 0.139. The zero-order chi connectivity index (χ0) is 33.8. The molecule has 1 unspecified atom stereocenters. The molecule has 9 nitrogen and oxygen atoms in total. The van der Waals surface area contributed by atoms with Gasteiger partial charge in [0.25, 0.3) is 5.56 Å². The molecule has 1 aromatic carbocycles. The predicted octanol–water partition coefficient (Wildman–Crippen LogP) is 6.35. The number of nitrogen functional groups attached to an aromatic ring is 1. The van der Waals surface area contributed by atoms with E-state index in [2.05, 4.69) is 18.0 Å². The maximum Gasteiger partial charge on any atom is 0.276 e. The first-order valence-corrected chi connectivity index (χ1v) is 15.5. The van der Waals surface area contributed by atoms with Gasteiger partial charge < -0.3 is 20.9 Å². The number of anilines is 2. The molecule has 0 saturated carbocycles. The van der Waals surface area contributed by atoms with Crippen LogP contribution in [0, 0.1) is 28.9 Å². The molecule has 1 saturated heterocycles. The van der Waals surface area contributed by atoms with Crippen molar-refractivity contribution in [1.29, 1.82) is 5.26 Å². The van der Waals surface area contributed by atoms with Gasteiger partial charge in [-0.05, 0) is 49.8 Å². The molecule has 2 aromatic heterocycles. The molecule has 46 heavy (non-hydrogen) atoms. The molecule has 3 N–H and O–H groups in total. The number of hydrogen-bond acceptors (Lipinski definition) is 7. The molecule has 5 rings (SSSR count). The Labute approximate surface area is 279 Å². The lowest BCUT2D eigenvalue weighted by Crippen LogP contribution is -2.54. The molecule has 1 fully saturated rings. The first-order chi connectivity index (χ1) is 21.7. The van der Waals surface area contributed by atoms with Gasteiger partial charge in [-0.1, -0.05) is 55.2 Å². The number of halogens is 5. The van der Waals surface area contributed by atoms with E-state index in [0.29, 0.717) is 17.6 Å². The Kier molecular flexibility index (Phi) is 9.10. The Morgan fingerprint density at radius 1 is 1.24 bits per heavy atom. The second kappa shape index (κ2) is 12.6. The fourth-order valence-corrected chi connectivity index (χ4v) is 6.79. The van der Waals surface area contributed by atoms with Crippen LogP contribution in [-0.4, -0.2) is 52.1 Å². The topological polar surface area (TPSA) is 120 Å². The van der Waals surface area contributed by atoms with E-state index in [1.54, 1.807) is 17.2 Å². The SMILES string of the molecule is C=CC(=O)N1CCN(c2c(C#N)c(=O)n(C3=C(C)C=CNC3C(C)C)c3nc(-c4c(N)c(F)c(F)c(Cl)c4Cl)c(Cl)cc23)C[C@H]1C. The van der Waals surface area contributed by atoms with Crippen LogP contribution in [0.25, 0.3) is 28.0 Å². The molecular weight excluding hydrogens is 659 g/mol. The van der Waals surface area contributed by atoms with Crippen molar-refractivity contribution in [2.24, 2.45) is 5.92 Å². The number of benzene rings is 1. The van der Waals surface area contributed by atoms with Crippen molar-refractivity contribution in [1.82, 2.24) is 19.8 Å². The van der Waals surface area contributed by atoms with Gasteiger partial charge in [-0.2, -0.15) is 5.26 Å². The summed E-state index contributed by atoms with van der Waals surface area (Å²) in [5, 5.41) is 12.9. The van der Waals surface area contributed by atoms with Crippen molar-refractivity contribution in [3.63, 3.8) is 0 Å². The Morgan fingerprint density at radius 2 is 1.93 bits per heavy atom. The Balaban J connectivity index is 1.91. The summed E-state index contributed by atoms with van der Waals surface area (Å²) in [6, 6.07) is 2.93. The largest absolute Gasteiger partial charge is 0.396 e. The fourth-order valence-electron chi connectivity index (χ4n) is 6.09. The molecule has 0 radical (unpaired) electrons. The van der Waals surface area contributed by atoms with Crippen LogP contribution in [0.15, 0.2) is 41.4 Å². The smallest absolute Gasteiger partial charge is 0.276 e. The molecule has 0 aliphatic carbocycles. The van der Waals surface area contributed by atoms with Crippen LogP contribution < -0.4 is 21.5 Å². The van der Waals surface area contributed by atoms with Gasteiger partial charge in [-0.3, -0.25) is 14.2 Å². The van der Waals surface area contributed by atoms with Crippen LogP contribution in [0.3, 0.4) is 0 Å². The van der Waals surface area contributed by atoms with Crippen LogP contribution >= 0.6 is 34.8 Å². The third kappa shape index (κ3) is 5.28. The molecule has 0 spiro atoms. The Bertz CT molecular complexity index is 1950. The summed E-state index contributed by atoms with van der Waals surface area (Å²) in [7, 11) is 0. The molecule has 14 heteroatoms. The average Bonchev–Trinajstić information content (AvgIpc) is 3.02.